The van der Waals surface area contributed by atoms with E-state index in [0.717, 1.165) is 37.2 Å². The second-order valence-electron chi connectivity index (χ2n) is 4.64. The molecule has 1 aromatic rings. The zero-order chi connectivity index (χ0) is 13.5. The van der Waals surface area contributed by atoms with E-state index < -0.39 is 0 Å². The van der Waals surface area contributed by atoms with Crippen molar-refractivity contribution in [3.05, 3.63) is 35.9 Å². The normalized spacial score (nSPS) is 16.5. The summed E-state index contributed by atoms with van der Waals surface area (Å²) in [6, 6.07) is 7.91. The van der Waals surface area contributed by atoms with Gasteiger partial charge in [0.25, 0.3) is 0 Å². The van der Waals surface area contributed by atoms with Gasteiger partial charge < -0.3 is 15.4 Å². The number of hydrogen-bond acceptors (Lipinski definition) is 3. The van der Waals surface area contributed by atoms with Crippen LogP contribution in [0.5, 0.6) is 5.75 Å². The number of carbonyl (C=O) groups excluding carboxylic acids is 1. The predicted octanol–water partition coefficient (Wildman–Crippen LogP) is 1.58. The van der Waals surface area contributed by atoms with Crippen molar-refractivity contribution in [2.45, 2.75) is 18.9 Å². The molecule has 2 N–H and O–H groups in total. The lowest BCUT2D eigenvalue weighted by Crippen LogP contribution is -2.42. The Kier molecular flexibility index (Phi) is 4.98. The summed E-state index contributed by atoms with van der Waals surface area (Å²) < 4.78 is 5.09. The van der Waals surface area contributed by atoms with Gasteiger partial charge >= 0.3 is 0 Å². The summed E-state index contributed by atoms with van der Waals surface area (Å²) in [5.74, 6) is 0.791. The van der Waals surface area contributed by atoms with Crippen LogP contribution in [0.25, 0.3) is 6.08 Å². The Labute approximate surface area is 113 Å². The summed E-state index contributed by atoms with van der Waals surface area (Å²) in [6.45, 7) is 1.96. The van der Waals surface area contributed by atoms with Crippen LogP contribution in [0.15, 0.2) is 30.3 Å². The number of hydrogen-bond donors (Lipinski definition) is 2. The number of carbonyl (C=O) groups is 1. The predicted molar refractivity (Wildman–Crippen MR) is 76.1 cm³/mol. The maximum atomic E-state index is 11.8. The first kappa shape index (κ1) is 13.6. The van der Waals surface area contributed by atoms with Gasteiger partial charge in [0.15, 0.2) is 0 Å². The van der Waals surface area contributed by atoms with Crippen LogP contribution >= 0.6 is 0 Å². The molecule has 4 heteroatoms. The number of nitrogens with one attached hydrogen (secondary N) is 2. The first-order valence-electron chi connectivity index (χ1n) is 6.61. The van der Waals surface area contributed by atoms with Crippen LogP contribution in [0.2, 0.25) is 0 Å². The first-order valence-corrected chi connectivity index (χ1v) is 6.61. The first-order chi connectivity index (χ1) is 9.28. The molecule has 1 saturated heterocycles. The fraction of sp³-hybridized carbons (Fsp3) is 0.400. The molecule has 1 aliphatic rings. The molecule has 0 spiro atoms. The molecule has 2 rings (SSSR count). The maximum absolute atomic E-state index is 11.8. The molecule has 0 radical (unpaired) electrons. The molecule has 1 heterocycles. The highest BCUT2D eigenvalue weighted by atomic mass is 16.5. The van der Waals surface area contributed by atoms with Crippen molar-refractivity contribution in [3.8, 4) is 5.75 Å². The van der Waals surface area contributed by atoms with Crippen LogP contribution in [0.1, 0.15) is 18.4 Å². The second-order valence-corrected chi connectivity index (χ2v) is 4.64. The number of piperidine rings is 1. The fourth-order valence-electron chi connectivity index (χ4n) is 2.10. The number of benzene rings is 1. The molecule has 0 saturated carbocycles. The van der Waals surface area contributed by atoms with E-state index in [4.69, 9.17) is 4.74 Å². The van der Waals surface area contributed by atoms with Gasteiger partial charge in [0.1, 0.15) is 5.75 Å². The molecule has 0 aliphatic carbocycles. The zero-order valence-corrected chi connectivity index (χ0v) is 11.2. The minimum Gasteiger partial charge on any atom is -0.497 e. The smallest absolute Gasteiger partial charge is 0.244 e. The molecule has 102 valence electrons. The summed E-state index contributed by atoms with van der Waals surface area (Å²) >= 11 is 0. The molecule has 1 aromatic carbocycles. The number of ether oxygens (including phenoxy) is 1. The Balaban J connectivity index is 1.84. The Hall–Kier alpha value is -1.81. The molecule has 1 fully saturated rings. The van der Waals surface area contributed by atoms with E-state index in [1.807, 2.05) is 30.3 Å². The molecular formula is C15H20N2O2. The van der Waals surface area contributed by atoms with Crippen LogP contribution in [-0.4, -0.2) is 32.1 Å². The Morgan fingerprint density at radius 2 is 2.00 bits per heavy atom. The lowest BCUT2D eigenvalue weighted by atomic mass is 10.1. The van der Waals surface area contributed by atoms with Gasteiger partial charge in [-0.25, -0.2) is 0 Å². The second kappa shape index (κ2) is 6.95. The van der Waals surface area contributed by atoms with Crippen molar-refractivity contribution in [1.82, 2.24) is 10.6 Å². The van der Waals surface area contributed by atoms with Crippen LogP contribution in [0, 0.1) is 0 Å². The van der Waals surface area contributed by atoms with E-state index in [-0.39, 0.29) is 5.91 Å². The van der Waals surface area contributed by atoms with Gasteiger partial charge in [0.2, 0.25) is 5.91 Å². The van der Waals surface area contributed by atoms with Crippen LogP contribution in [-0.2, 0) is 4.79 Å². The van der Waals surface area contributed by atoms with Crippen molar-refractivity contribution in [2.24, 2.45) is 0 Å². The Morgan fingerprint density at radius 3 is 2.63 bits per heavy atom. The fourth-order valence-corrected chi connectivity index (χ4v) is 2.10. The van der Waals surface area contributed by atoms with Gasteiger partial charge in [0.05, 0.1) is 7.11 Å². The van der Waals surface area contributed by atoms with Crippen LogP contribution in [0.4, 0.5) is 0 Å². The van der Waals surface area contributed by atoms with E-state index in [9.17, 15) is 4.79 Å². The number of amides is 1. The van der Waals surface area contributed by atoms with Gasteiger partial charge in [-0.3, -0.25) is 4.79 Å². The van der Waals surface area contributed by atoms with E-state index in [1.54, 1.807) is 13.2 Å². The Bertz CT molecular complexity index is 434. The highest BCUT2D eigenvalue weighted by Crippen LogP contribution is 2.12. The van der Waals surface area contributed by atoms with Crippen LogP contribution in [0.3, 0.4) is 0 Å². The van der Waals surface area contributed by atoms with Crippen molar-refractivity contribution < 1.29 is 9.53 Å². The van der Waals surface area contributed by atoms with Gasteiger partial charge in [0, 0.05) is 12.1 Å². The van der Waals surface area contributed by atoms with Crippen molar-refractivity contribution in [2.75, 3.05) is 20.2 Å². The molecule has 1 aliphatic heterocycles. The summed E-state index contributed by atoms with van der Waals surface area (Å²) in [5, 5.41) is 6.30. The molecule has 0 bridgehead atoms. The monoisotopic (exact) mass is 260 g/mol. The molecular weight excluding hydrogens is 240 g/mol. The van der Waals surface area contributed by atoms with Gasteiger partial charge in [-0.1, -0.05) is 12.1 Å². The number of methoxy groups -OCH3 is 1. The summed E-state index contributed by atoms with van der Waals surface area (Å²) in [6.07, 6.45) is 5.41. The highest BCUT2D eigenvalue weighted by molar-refractivity contribution is 5.91. The molecule has 1 amide bonds. The number of rotatable bonds is 4. The zero-order valence-electron chi connectivity index (χ0n) is 11.2. The third-order valence-electron chi connectivity index (χ3n) is 3.23. The molecule has 4 nitrogen and oxygen atoms in total. The van der Waals surface area contributed by atoms with E-state index in [2.05, 4.69) is 10.6 Å². The van der Waals surface area contributed by atoms with E-state index in [0.29, 0.717) is 6.04 Å². The lowest BCUT2D eigenvalue weighted by molar-refractivity contribution is -0.117. The third-order valence-corrected chi connectivity index (χ3v) is 3.23. The van der Waals surface area contributed by atoms with Crippen LogP contribution < -0.4 is 15.4 Å². The van der Waals surface area contributed by atoms with Gasteiger partial charge in [-0.15, -0.1) is 0 Å². The summed E-state index contributed by atoms with van der Waals surface area (Å²) in [4.78, 5) is 11.8. The SMILES string of the molecule is COc1ccc(/C=C/C(=O)NC2CCNCC2)cc1. The molecule has 0 aromatic heterocycles. The largest absolute Gasteiger partial charge is 0.497 e. The third kappa shape index (κ3) is 4.41. The quantitative estimate of drug-likeness (QED) is 0.808. The summed E-state index contributed by atoms with van der Waals surface area (Å²) in [5.41, 5.74) is 0.987. The lowest BCUT2D eigenvalue weighted by Gasteiger charge is -2.22. The van der Waals surface area contributed by atoms with Gasteiger partial charge in [-0.2, -0.15) is 0 Å². The average molecular weight is 260 g/mol. The van der Waals surface area contributed by atoms with Crippen molar-refractivity contribution >= 4 is 12.0 Å². The standard InChI is InChI=1S/C15H20N2O2/c1-19-14-5-2-12(3-6-14)4-7-15(18)17-13-8-10-16-11-9-13/h2-7,13,16H,8-11H2,1H3,(H,17,18)/b7-4+. The van der Waals surface area contributed by atoms with Gasteiger partial charge in [-0.05, 0) is 49.7 Å². The summed E-state index contributed by atoms with van der Waals surface area (Å²) in [7, 11) is 1.64. The van der Waals surface area contributed by atoms with E-state index >= 15 is 0 Å². The highest BCUT2D eigenvalue weighted by Gasteiger charge is 2.13. The molecule has 0 atom stereocenters. The average Bonchev–Trinajstić information content (AvgIpc) is 2.47. The minimum absolute atomic E-state index is 0.0253. The maximum Gasteiger partial charge on any atom is 0.244 e. The van der Waals surface area contributed by atoms with Crippen molar-refractivity contribution in [1.29, 1.82) is 0 Å². The van der Waals surface area contributed by atoms with E-state index in [1.165, 1.54) is 0 Å². The minimum atomic E-state index is -0.0253. The Morgan fingerprint density at radius 1 is 1.32 bits per heavy atom. The van der Waals surface area contributed by atoms with Crippen molar-refractivity contribution in [3.63, 3.8) is 0 Å². The molecule has 0 unspecified atom stereocenters. The topological polar surface area (TPSA) is 50.4 Å². The molecule has 19 heavy (non-hydrogen) atoms.